The number of halogens is 2. The fourth-order valence-corrected chi connectivity index (χ4v) is 5.99. The summed E-state index contributed by atoms with van der Waals surface area (Å²) in [6, 6.07) is 2.49. The first kappa shape index (κ1) is 15.4. The highest BCUT2D eigenvalue weighted by Gasteiger charge is 2.47. The van der Waals surface area contributed by atoms with Gasteiger partial charge in [0.25, 0.3) is 0 Å². The average Bonchev–Trinajstić information content (AvgIpc) is 2.69. The third kappa shape index (κ3) is 2.43. The molecule has 5 nitrogen and oxygen atoms in total. The van der Waals surface area contributed by atoms with Crippen molar-refractivity contribution in [3.8, 4) is 0 Å². The first-order valence-corrected chi connectivity index (χ1v) is 8.97. The Hall–Kier alpha value is -0.530. The predicted octanol–water partition coefficient (Wildman–Crippen LogP) is 2.25. The van der Waals surface area contributed by atoms with E-state index < -0.39 is 16.1 Å². The van der Waals surface area contributed by atoms with Crippen LogP contribution in [0.1, 0.15) is 25.7 Å². The molecule has 2 atom stereocenters. The van der Waals surface area contributed by atoms with Gasteiger partial charge in [0.15, 0.2) is 0 Å². The summed E-state index contributed by atoms with van der Waals surface area (Å²) in [4.78, 5) is -0.0145. The highest BCUT2D eigenvalue weighted by molar-refractivity contribution is 7.89. The summed E-state index contributed by atoms with van der Waals surface area (Å²) in [6.07, 6.45) is 2.04. The number of aliphatic hydroxyl groups excluding tert-OH is 1. The molecule has 2 unspecified atom stereocenters. The van der Waals surface area contributed by atoms with Gasteiger partial charge in [0.1, 0.15) is 4.90 Å². The van der Waals surface area contributed by atoms with Gasteiger partial charge in [0, 0.05) is 12.1 Å². The second kappa shape index (κ2) is 5.28. The number of hydrogen-bond donors (Lipinski definition) is 2. The summed E-state index contributed by atoms with van der Waals surface area (Å²) in [5.74, 6) is 0. The van der Waals surface area contributed by atoms with E-state index in [1.165, 1.54) is 16.4 Å². The lowest BCUT2D eigenvalue weighted by Crippen LogP contribution is -2.47. The predicted molar refractivity (Wildman–Crippen MR) is 82.0 cm³/mol. The number of anilines is 1. The lowest BCUT2D eigenvalue weighted by Gasteiger charge is -2.36. The maximum absolute atomic E-state index is 12.9. The number of aliphatic hydroxyl groups is 1. The van der Waals surface area contributed by atoms with Gasteiger partial charge in [0.05, 0.1) is 21.8 Å². The highest BCUT2D eigenvalue weighted by Crippen LogP contribution is 2.42. The van der Waals surface area contributed by atoms with Crippen molar-refractivity contribution in [3.63, 3.8) is 0 Å². The molecule has 1 aromatic carbocycles. The largest absolute Gasteiger partial charge is 0.396 e. The van der Waals surface area contributed by atoms with E-state index in [-0.39, 0.29) is 32.7 Å². The van der Waals surface area contributed by atoms with Crippen LogP contribution in [-0.4, -0.2) is 36.0 Å². The topological polar surface area (TPSA) is 83.6 Å². The molecule has 0 spiro atoms. The number of piperidine rings is 1. The van der Waals surface area contributed by atoms with Crippen LogP contribution < -0.4 is 5.73 Å². The van der Waals surface area contributed by atoms with Crippen LogP contribution in [0.15, 0.2) is 17.0 Å². The number of nitrogens with zero attached hydrogens (tertiary/aromatic N) is 1. The maximum atomic E-state index is 12.9. The SMILES string of the molecule is Nc1c(Cl)ccc(S(=O)(=O)N2C3CCC2CC(O)C3)c1Cl. The first-order chi connectivity index (χ1) is 9.82. The van der Waals surface area contributed by atoms with Crippen molar-refractivity contribution in [1.82, 2.24) is 4.31 Å². The summed E-state index contributed by atoms with van der Waals surface area (Å²) >= 11 is 11.9. The molecule has 2 fully saturated rings. The maximum Gasteiger partial charge on any atom is 0.245 e. The Kier molecular flexibility index (Phi) is 3.86. The molecule has 8 heteroatoms. The van der Waals surface area contributed by atoms with E-state index in [4.69, 9.17) is 28.9 Å². The zero-order valence-electron chi connectivity index (χ0n) is 11.2. The van der Waals surface area contributed by atoms with E-state index in [1.807, 2.05) is 0 Å². The highest BCUT2D eigenvalue weighted by atomic mass is 35.5. The van der Waals surface area contributed by atoms with Gasteiger partial charge in [-0.25, -0.2) is 8.42 Å². The molecule has 2 bridgehead atoms. The van der Waals surface area contributed by atoms with Crippen molar-refractivity contribution in [3.05, 3.63) is 22.2 Å². The number of nitrogen functional groups attached to an aromatic ring is 1. The Labute approximate surface area is 133 Å². The normalized spacial score (nSPS) is 29.8. The van der Waals surface area contributed by atoms with Crippen molar-refractivity contribution >= 4 is 38.9 Å². The Morgan fingerprint density at radius 3 is 2.33 bits per heavy atom. The monoisotopic (exact) mass is 350 g/mol. The number of hydrogen-bond acceptors (Lipinski definition) is 4. The average molecular weight is 351 g/mol. The Bertz CT molecular complexity index is 666. The van der Waals surface area contributed by atoms with Crippen molar-refractivity contribution in [2.75, 3.05) is 5.73 Å². The van der Waals surface area contributed by atoms with E-state index >= 15 is 0 Å². The van der Waals surface area contributed by atoms with E-state index in [0.29, 0.717) is 12.8 Å². The lowest BCUT2D eigenvalue weighted by molar-refractivity contribution is 0.0769. The molecule has 3 rings (SSSR count). The molecule has 2 heterocycles. The molecule has 0 saturated carbocycles. The zero-order valence-corrected chi connectivity index (χ0v) is 13.5. The first-order valence-electron chi connectivity index (χ1n) is 6.77. The Morgan fingerprint density at radius 1 is 1.19 bits per heavy atom. The van der Waals surface area contributed by atoms with E-state index in [2.05, 4.69) is 0 Å². The van der Waals surface area contributed by atoms with Crippen molar-refractivity contribution in [2.45, 2.75) is 48.8 Å². The summed E-state index contributed by atoms with van der Waals surface area (Å²) in [5, 5.41) is 9.99. The van der Waals surface area contributed by atoms with Gasteiger partial charge in [-0.15, -0.1) is 0 Å². The number of rotatable bonds is 2. The van der Waals surface area contributed by atoms with Crippen molar-refractivity contribution < 1.29 is 13.5 Å². The third-order valence-electron chi connectivity index (χ3n) is 4.29. The molecule has 2 saturated heterocycles. The van der Waals surface area contributed by atoms with Crippen LogP contribution in [0.2, 0.25) is 10.0 Å². The van der Waals surface area contributed by atoms with Gasteiger partial charge in [-0.3, -0.25) is 0 Å². The smallest absolute Gasteiger partial charge is 0.245 e. The second-order valence-electron chi connectivity index (χ2n) is 5.62. The fraction of sp³-hybridized carbons (Fsp3) is 0.538. The van der Waals surface area contributed by atoms with Gasteiger partial charge in [-0.05, 0) is 37.8 Å². The molecule has 0 radical (unpaired) electrons. The lowest BCUT2D eigenvalue weighted by atomic mass is 10.0. The number of fused-ring (bicyclic) bond motifs is 2. The molecule has 2 aliphatic heterocycles. The van der Waals surface area contributed by atoms with Gasteiger partial charge < -0.3 is 10.8 Å². The van der Waals surface area contributed by atoms with Gasteiger partial charge in [-0.2, -0.15) is 4.31 Å². The van der Waals surface area contributed by atoms with Crippen LogP contribution in [0.4, 0.5) is 5.69 Å². The Morgan fingerprint density at radius 2 is 1.76 bits per heavy atom. The summed E-state index contributed by atoms with van der Waals surface area (Å²) in [7, 11) is -3.74. The summed E-state index contributed by atoms with van der Waals surface area (Å²) in [5.41, 5.74) is 5.80. The van der Waals surface area contributed by atoms with Crippen LogP contribution in [-0.2, 0) is 10.0 Å². The molecule has 1 aromatic rings. The van der Waals surface area contributed by atoms with Crippen LogP contribution in [0.25, 0.3) is 0 Å². The fourth-order valence-electron chi connectivity index (χ4n) is 3.36. The molecule has 2 aliphatic rings. The van der Waals surface area contributed by atoms with Crippen LogP contribution in [0, 0.1) is 0 Å². The van der Waals surface area contributed by atoms with Crippen LogP contribution in [0.3, 0.4) is 0 Å². The molecule has 21 heavy (non-hydrogen) atoms. The number of nitrogens with two attached hydrogens (primary N) is 1. The number of benzene rings is 1. The quantitative estimate of drug-likeness (QED) is 0.801. The number of sulfonamides is 1. The molecule has 0 amide bonds. The van der Waals surface area contributed by atoms with Crippen LogP contribution >= 0.6 is 23.2 Å². The Balaban J connectivity index is 2.04. The molecule has 0 aliphatic carbocycles. The molecule has 3 N–H and O–H groups in total. The standard InChI is InChI=1S/C13H16Cl2N2O3S/c14-10-3-4-11(12(15)13(10)16)21(19,20)17-7-1-2-8(17)6-9(18)5-7/h3-4,7-9,18H,1-2,5-6,16H2. The van der Waals surface area contributed by atoms with Crippen molar-refractivity contribution in [2.24, 2.45) is 0 Å². The van der Waals surface area contributed by atoms with Gasteiger partial charge in [-0.1, -0.05) is 23.2 Å². The minimum Gasteiger partial charge on any atom is -0.396 e. The van der Waals surface area contributed by atoms with Crippen LogP contribution in [0.5, 0.6) is 0 Å². The zero-order chi connectivity index (χ0) is 15.4. The summed E-state index contributed by atoms with van der Waals surface area (Å²) in [6.45, 7) is 0. The van der Waals surface area contributed by atoms with E-state index in [1.54, 1.807) is 0 Å². The molecular weight excluding hydrogens is 335 g/mol. The molecule has 0 aromatic heterocycles. The third-order valence-corrected chi connectivity index (χ3v) is 7.18. The summed E-state index contributed by atoms with van der Waals surface area (Å²) < 4.78 is 27.3. The minimum atomic E-state index is -3.74. The van der Waals surface area contributed by atoms with Gasteiger partial charge in [0.2, 0.25) is 10.0 Å². The molecular formula is C13H16Cl2N2O3S. The van der Waals surface area contributed by atoms with E-state index in [0.717, 1.165) is 12.8 Å². The van der Waals surface area contributed by atoms with E-state index in [9.17, 15) is 13.5 Å². The molecule has 116 valence electrons. The second-order valence-corrected chi connectivity index (χ2v) is 8.22. The van der Waals surface area contributed by atoms with Gasteiger partial charge >= 0.3 is 0 Å². The van der Waals surface area contributed by atoms with Crippen molar-refractivity contribution in [1.29, 1.82) is 0 Å². The minimum absolute atomic E-state index is 0.0145.